The van der Waals surface area contributed by atoms with Gasteiger partial charge in [-0.3, -0.25) is 5.84 Å². The van der Waals surface area contributed by atoms with Crippen LogP contribution in [0.4, 0.5) is 5.69 Å². The molecule has 1 unspecified atom stereocenters. The minimum atomic E-state index is -0.677. The van der Waals surface area contributed by atoms with Gasteiger partial charge in [-0.1, -0.05) is 47.0 Å². The number of anilines is 1. The van der Waals surface area contributed by atoms with Gasteiger partial charge in [-0.25, -0.2) is 0 Å². The predicted octanol–water partition coefficient (Wildman–Crippen LogP) is 4.41. The van der Waals surface area contributed by atoms with Crippen LogP contribution in [0.2, 0.25) is 10.0 Å². The van der Waals surface area contributed by atoms with E-state index in [-0.39, 0.29) is 0 Å². The Morgan fingerprint density at radius 3 is 2.40 bits per heavy atom. The molecule has 0 fully saturated rings. The van der Waals surface area contributed by atoms with Gasteiger partial charge in [-0.15, -0.1) is 0 Å². The van der Waals surface area contributed by atoms with Gasteiger partial charge < -0.3 is 5.43 Å². The Bertz CT molecular complexity index is 608. The van der Waals surface area contributed by atoms with Gasteiger partial charge in [-0.2, -0.15) is 5.26 Å². The molecule has 1 atom stereocenters. The van der Waals surface area contributed by atoms with Gasteiger partial charge in [0.15, 0.2) is 0 Å². The van der Waals surface area contributed by atoms with Crippen LogP contribution in [0.3, 0.4) is 0 Å². The summed E-state index contributed by atoms with van der Waals surface area (Å²) in [4.78, 5) is 0. The Morgan fingerprint density at radius 1 is 1.30 bits per heavy atom. The molecule has 0 radical (unpaired) electrons. The van der Waals surface area contributed by atoms with Gasteiger partial charge in [0.2, 0.25) is 0 Å². The van der Waals surface area contributed by atoms with E-state index in [0.29, 0.717) is 33.6 Å². The number of halogens is 3. The SMILES string of the molecule is N#CC1(Cc2c(Cl)cc(NN)cc2Cl)C=CC(Cl)=CC1. The first-order valence-electron chi connectivity index (χ1n) is 5.90. The van der Waals surface area contributed by atoms with Crippen LogP contribution in [-0.2, 0) is 6.42 Å². The first-order valence-corrected chi connectivity index (χ1v) is 7.04. The van der Waals surface area contributed by atoms with E-state index in [1.165, 1.54) is 0 Å². The molecule has 0 heterocycles. The van der Waals surface area contributed by atoms with Gasteiger partial charge >= 0.3 is 0 Å². The largest absolute Gasteiger partial charge is 0.324 e. The van der Waals surface area contributed by atoms with Crippen molar-refractivity contribution in [3.05, 3.63) is 51.0 Å². The number of rotatable bonds is 3. The van der Waals surface area contributed by atoms with Crippen LogP contribution in [-0.4, -0.2) is 0 Å². The van der Waals surface area contributed by atoms with Crippen molar-refractivity contribution in [3.63, 3.8) is 0 Å². The normalized spacial score (nSPS) is 21.2. The minimum absolute atomic E-state index is 0.420. The third kappa shape index (κ3) is 3.11. The molecule has 0 spiro atoms. The molecule has 104 valence electrons. The highest BCUT2D eigenvalue weighted by Crippen LogP contribution is 2.39. The van der Waals surface area contributed by atoms with E-state index in [9.17, 15) is 5.26 Å². The highest BCUT2D eigenvalue weighted by molar-refractivity contribution is 6.36. The van der Waals surface area contributed by atoms with Crippen LogP contribution in [0.1, 0.15) is 12.0 Å². The zero-order valence-electron chi connectivity index (χ0n) is 10.5. The molecule has 0 saturated carbocycles. The molecular formula is C14H12Cl3N3. The molecule has 6 heteroatoms. The number of hydrogen-bond donors (Lipinski definition) is 2. The number of nitrogens with one attached hydrogen (secondary N) is 1. The lowest BCUT2D eigenvalue weighted by molar-refractivity contribution is 0.506. The fraction of sp³-hybridized carbons (Fsp3) is 0.214. The summed E-state index contributed by atoms with van der Waals surface area (Å²) in [6.07, 6.45) is 6.30. The van der Waals surface area contributed by atoms with Crippen LogP contribution in [0.15, 0.2) is 35.4 Å². The molecule has 0 aliphatic heterocycles. The Balaban J connectivity index is 2.35. The molecule has 3 N–H and O–H groups in total. The lowest BCUT2D eigenvalue weighted by atomic mass is 9.78. The predicted molar refractivity (Wildman–Crippen MR) is 83.7 cm³/mol. The summed E-state index contributed by atoms with van der Waals surface area (Å²) in [7, 11) is 0. The van der Waals surface area contributed by atoms with Crippen molar-refractivity contribution in [1.29, 1.82) is 5.26 Å². The number of nitriles is 1. The summed E-state index contributed by atoms with van der Waals surface area (Å²) in [5, 5.41) is 11.1. The highest BCUT2D eigenvalue weighted by atomic mass is 35.5. The molecule has 0 aromatic heterocycles. The van der Waals surface area contributed by atoms with Gasteiger partial charge in [0.25, 0.3) is 0 Å². The summed E-state index contributed by atoms with van der Waals surface area (Å²) >= 11 is 18.3. The van der Waals surface area contributed by atoms with Crippen LogP contribution >= 0.6 is 34.8 Å². The van der Waals surface area contributed by atoms with Crippen LogP contribution in [0.5, 0.6) is 0 Å². The zero-order chi connectivity index (χ0) is 14.8. The number of nitrogens with zero attached hydrogens (tertiary/aromatic N) is 1. The monoisotopic (exact) mass is 327 g/mol. The van der Waals surface area contributed by atoms with Crippen molar-refractivity contribution in [2.45, 2.75) is 12.8 Å². The van der Waals surface area contributed by atoms with Crippen LogP contribution in [0, 0.1) is 16.7 Å². The standard InChI is InChI=1S/C14H12Cl3N3/c15-9-1-3-14(8-18,4-2-9)7-11-12(16)5-10(20-19)6-13(11)17/h1-3,5-6,20H,4,7,19H2. The lowest BCUT2D eigenvalue weighted by Crippen LogP contribution is -2.20. The van der Waals surface area contributed by atoms with E-state index in [4.69, 9.17) is 40.6 Å². The van der Waals surface area contributed by atoms with Crippen LogP contribution in [0.25, 0.3) is 0 Å². The van der Waals surface area contributed by atoms with E-state index < -0.39 is 5.41 Å². The summed E-state index contributed by atoms with van der Waals surface area (Å²) in [5.74, 6) is 5.34. The smallest absolute Gasteiger partial charge is 0.0833 e. The topological polar surface area (TPSA) is 61.8 Å². The fourth-order valence-corrected chi connectivity index (χ4v) is 2.84. The number of hydrogen-bond acceptors (Lipinski definition) is 3. The Labute approximate surface area is 132 Å². The molecular weight excluding hydrogens is 317 g/mol. The van der Waals surface area contributed by atoms with Crippen molar-refractivity contribution in [2.75, 3.05) is 5.43 Å². The quantitative estimate of drug-likeness (QED) is 0.638. The van der Waals surface area contributed by atoms with Crippen molar-refractivity contribution in [3.8, 4) is 6.07 Å². The molecule has 20 heavy (non-hydrogen) atoms. The number of hydrazine groups is 1. The maximum Gasteiger partial charge on any atom is 0.0833 e. The summed E-state index contributed by atoms with van der Waals surface area (Å²) < 4.78 is 0. The van der Waals surface area contributed by atoms with E-state index in [2.05, 4.69) is 11.5 Å². The molecule has 0 saturated heterocycles. The summed E-state index contributed by atoms with van der Waals surface area (Å²) in [6, 6.07) is 5.69. The van der Waals surface area contributed by atoms with E-state index in [0.717, 1.165) is 5.56 Å². The fourth-order valence-electron chi connectivity index (χ4n) is 2.08. The van der Waals surface area contributed by atoms with E-state index in [1.54, 1.807) is 24.3 Å². The lowest BCUT2D eigenvalue weighted by Gasteiger charge is -2.25. The first-order chi connectivity index (χ1) is 9.49. The molecule has 2 rings (SSSR count). The molecule has 0 bridgehead atoms. The molecule has 3 nitrogen and oxygen atoms in total. The molecule has 1 aliphatic carbocycles. The minimum Gasteiger partial charge on any atom is -0.324 e. The zero-order valence-corrected chi connectivity index (χ0v) is 12.7. The molecule has 1 aromatic rings. The summed E-state index contributed by atoms with van der Waals surface area (Å²) in [6.45, 7) is 0. The summed E-state index contributed by atoms with van der Waals surface area (Å²) in [5.41, 5.74) is 3.17. The third-order valence-electron chi connectivity index (χ3n) is 3.25. The maximum atomic E-state index is 9.48. The van der Waals surface area contributed by atoms with Crippen molar-refractivity contribution in [2.24, 2.45) is 11.3 Å². The second-order valence-corrected chi connectivity index (χ2v) is 5.88. The number of nitrogen functional groups attached to an aromatic ring is 1. The number of allylic oxidation sites excluding steroid dienone is 4. The molecule has 0 amide bonds. The molecule has 1 aliphatic rings. The Hall–Kier alpha value is -1.18. The van der Waals surface area contributed by atoms with Crippen molar-refractivity contribution >= 4 is 40.5 Å². The number of nitrogens with two attached hydrogens (primary N) is 1. The second kappa shape index (κ2) is 6.07. The van der Waals surface area contributed by atoms with Gasteiger partial charge in [0.1, 0.15) is 0 Å². The maximum absolute atomic E-state index is 9.48. The van der Waals surface area contributed by atoms with Crippen molar-refractivity contribution in [1.82, 2.24) is 0 Å². The third-order valence-corrected chi connectivity index (χ3v) is 4.20. The molecule has 1 aromatic carbocycles. The van der Waals surface area contributed by atoms with Crippen LogP contribution < -0.4 is 11.3 Å². The second-order valence-electron chi connectivity index (χ2n) is 4.63. The van der Waals surface area contributed by atoms with Gasteiger partial charge in [0, 0.05) is 15.1 Å². The average Bonchev–Trinajstić information content (AvgIpc) is 2.45. The first kappa shape index (κ1) is 15.2. The number of benzene rings is 1. The van der Waals surface area contributed by atoms with E-state index >= 15 is 0 Å². The Kier molecular flexibility index (Phi) is 4.62. The van der Waals surface area contributed by atoms with Gasteiger partial charge in [0.05, 0.1) is 17.2 Å². The Morgan fingerprint density at radius 2 is 1.95 bits per heavy atom. The average molecular weight is 329 g/mol. The van der Waals surface area contributed by atoms with E-state index in [1.807, 2.05) is 6.08 Å². The van der Waals surface area contributed by atoms with Crippen molar-refractivity contribution < 1.29 is 0 Å². The highest BCUT2D eigenvalue weighted by Gasteiger charge is 2.30. The van der Waals surface area contributed by atoms with Gasteiger partial charge in [-0.05, 0) is 36.6 Å².